The SMILES string of the molecule is Cn1cc(S(=O)(=O)NC2CCNCC2)c(=O)n(C)c1=O. The predicted molar refractivity (Wildman–Crippen MR) is 73.1 cm³/mol. The van der Waals surface area contributed by atoms with Crippen molar-refractivity contribution in [3.8, 4) is 0 Å². The zero-order valence-electron chi connectivity index (χ0n) is 11.4. The molecule has 2 N–H and O–H groups in total. The molecule has 1 aliphatic rings. The lowest BCUT2D eigenvalue weighted by molar-refractivity contribution is 0.426. The van der Waals surface area contributed by atoms with E-state index in [9.17, 15) is 18.0 Å². The van der Waals surface area contributed by atoms with Crippen molar-refractivity contribution in [2.75, 3.05) is 13.1 Å². The summed E-state index contributed by atoms with van der Waals surface area (Å²) in [5, 5.41) is 3.13. The molecule has 0 radical (unpaired) electrons. The predicted octanol–water partition coefficient (Wildman–Crippen LogP) is -1.89. The van der Waals surface area contributed by atoms with Gasteiger partial charge in [-0.05, 0) is 25.9 Å². The fourth-order valence-electron chi connectivity index (χ4n) is 2.18. The van der Waals surface area contributed by atoms with Crippen LogP contribution >= 0.6 is 0 Å². The Morgan fingerprint density at radius 1 is 1.25 bits per heavy atom. The van der Waals surface area contributed by atoms with Gasteiger partial charge in [-0.1, -0.05) is 0 Å². The van der Waals surface area contributed by atoms with Crippen LogP contribution < -0.4 is 21.3 Å². The fourth-order valence-corrected chi connectivity index (χ4v) is 3.65. The smallest absolute Gasteiger partial charge is 0.317 e. The topological polar surface area (TPSA) is 102 Å². The van der Waals surface area contributed by atoms with E-state index in [0.29, 0.717) is 12.8 Å². The lowest BCUT2D eigenvalue weighted by atomic mass is 10.1. The maximum Gasteiger partial charge on any atom is 0.330 e. The van der Waals surface area contributed by atoms with E-state index in [1.165, 1.54) is 14.1 Å². The molecule has 0 aliphatic carbocycles. The molecular formula is C11H18N4O4S. The molecule has 20 heavy (non-hydrogen) atoms. The van der Waals surface area contributed by atoms with E-state index in [1.54, 1.807) is 0 Å². The van der Waals surface area contributed by atoms with Gasteiger partial charge in [0.2, 0.25) is 10.0 Å². The number of sulfonamides is 1. The number of nitrogens with one attached hydrogen (secondary N) is 2. The first-order chi connectivity index (χ1) is 9.33. The van der Waals surface area contributed by atoms with E-state index >= 15 is 0 Å². The van der Waals surface area contributed by atoms with Crippen molar-refractivity contribution in [3.05, 3.63) is 27.0 Å². The summed E-state index contributed by atoms with van der Waals surface area (Å²) in [5.41, 5.74) is -1.37. The van der Waals surface area contributed by atoms with Crippen molar-refractivity contribution in [2.24, 2.45) is 14.1 Å². The van der Waals surface area contributed by atoms with Crippen molar-refractivity contribution in [3.63, 3.8) is 0 Å². The molecule has 8 nitrogen and oxygen atoms in total. The lowest BCUT2D eigenvalue weighted by Crippen LogP contribution is -2.46. The highest BCUT2D eigenvalue weighted by atomic mass is 32.2. The van der Waals surface area contributed by atoms with Crippen molar-refractivity contribution in [1.82, 2.24) is 19.2 Å². The molecule has 0 bridgehead atoms. The average Bonchev–Trinajstić information content (AvgIpc) is 2.41. The Kier molecular flexibility index (Phi) is 4.11. The third-order valence-corrected chi connectivity index (χ3v) is 4.87. The Hall–Kier alpha value is -1.45. The largest absolute Gasteiger partial charge is 0.330 e. The highest BCUT2D eigenvalue weighted by Crippen LogP contribution is 2.07. The van der Waals surface area contributed by atoms with Crippen LogP contribution in [0, 0.1) is 0 Å². The second-order valence-corrected chi connectivity index (χ2v) is 6.58. The van der Waals surface area contributed by atoms with Crippen molar-refractivity contribution in [2.45, 2.75) is 23.8 Å². The Morgan fingerprint density at radius 2 is 1.85 bits per heavy atom. The van der Waals surface area contributed by atoms with Crippen LogP contribution in [0.2, 0.25) is 0 Å². The molecule has 112 valence electrons. The second-order valence-electron chi connectivity index (χ2n) is 4.90. The van der Waals surface area contributed by atoms with E-state index in [2.05, 4.69) is 10.0 Å². The number of hydrogen-bond donors (Lipinski definition) is 2. The van der Waals surface area contributed by atoms with Crippen LogP contribution in [0.3, 0.4) is 0 Å². The highest BCUT2D eigenvalue weighted by molar-refractivity contribution is 7.89. The van der Waals surface area contributed by atoms with Gasteiger partial charge in [0, 0.05) is 26.3 Å². The van der Waals surface area contributed by atoms with Gasteiger partial charge >= 0.3 is 5.69 Å². The van der Waals surface area contributed by atoms with Crippen LogP contribution in [-0.4, -0.2) is 36.7 Å². The van der Waals surface area contributed by atoms with Gasteiger partial charge < -0.3 is 9.88 Å². The Labute approximate surface area is 116 Å². The molecule has 0 amide bonds. The van der Waals surface area contributed by atoms with Crippen molar-refractivity contribution in [1.29, 1.82) is 0 Å². The summed E-state index contributed by atoms with van der Waals surface area (Å²) < 4.78 is 29.0. The maximum atomic E-state index is 12.3. The van der Waals surface area contributed by atoms with Gasteiger partial charge in [0.15, 0.2) is 4.90 Å². The number of piperidine rings is 1. The quantitative estimate of drug-likeness (QED) is 0.680. The van der Waals surface area contributed by atoms with Gasteiger partial charge in [-0.15, -0.1) is 0 Å². The Balaban J connectivity index is 2.39. The molecule has 1 aromatic rings. The zero-order chi connectivity index (χ0) is 14.9. The Bertz CT molecular complexity index is 713. The average molecular weight is 302 g/mol. The highest BCUT2D eigenvalue weighted by Gasteiger charge is 2.25. The summed E-state index contributed by atoms with van der Waals surface area (Å²) >= 11 is 0. The van der Waals surface area contributed by atoms with Crippen molar-refractivity contribution >= 4 is 10.0 Å². The number of hydrogen-bond acceptors (Lipinski definition) is 5. The normalized spacial score (nSPS) is 17.3. The molecule has 2 heterocycles. The van der Waals surface area contributed by atoms with Gasteiger partial charge in [-0.25, -0.2) is 17.9 Å². The second kappa shape index (κ2) is 5.51. The van der Waals surface area contributed by atoms with Crippen LogP contribution in [-0.2, 0) is 24.1 Å². The third kappa shape index (κ3) is 2.84. The summed E-state index contributed by atoms with van der Waals surface area (Å²) in [7, 11) is -1.26. The molecule has 9 heteroatoms. The van der Waals surface area contributed by atoms with E-state index < -0.39 is 26.2 Å². The molecule has 1 fully saturated rings. The molecule has 0 unspecified atom stereocenters. The fraction of sp³-hybridized carbons (Fsp3) is 0.636. The molecule has 1 saturated heterocycles. The summed E-state index contributed by atoms with van der Waals surface area (Å²) in [4.78, 5) is 23.1. The standard InChI is InChI=1S/C11H18N4O4S/c1-14-7-9(10(16)15(2)11(14)17)20(18,19)13-8-3-5-12-6-4-8/h7-8,12-13H,3-6H2,1-2H3. The van der Waals surface area contributed by atoms with Gasteiger partial charge in [0.25, 0.3) is 5.56 Å². The monoisotopic (exact) mass is 302 g/mol. The first-order valence-corrected chi connectivity index (χ1v) is 7.81. The molecule has 0 atom stereocenters. The lowest BCUT2D eigenvalue weighted by Gasteiger charge is -2.23. The van der Waals surface area contributed by atoms with E-state index in [1.807, 2.05) is 0 Å². The minimum Gasteiger partial charge on any atom is -0.317 e. The molecular weight excluding hydrogens is 284 g/mol. The first kappa shape index (κ1) is 14.9. The van der Waals surface area contributed by atoms with Crippen LogP contribution in [0.25, 0.3) is 0 Å². The minimum absolute atomic E-state index is 0.191. The van der Waals surface area contributed by atoms with Gasteiger partial charge in [-0.3, -0.25) is 9.36 Å². The van der Waals surface area contributed by atoms with Crippen LogP contribution in [0.4, 0.5) is 0 Å². The van der Waals surface area contributed by atoms with E-state index in [4.69, 9.17) is 0 Å². The number of rotatable bonds is 3. The minimum atomic E-state index is -3.92. The summed E-state index contributed by atoms with van der Waals surface area (Å²) in [6, 6.07) is -0.191. The molecule has 0 spiro atoms. The molecule has 1 aromatic heterocycles. The first-order valence-electron chi connectivity index (χ1n) is 6.32. The summed E-state index contributed by atoms with van der Waals surface area (Å²) in [5.74, 6) is 0. The van der Waals surface area contributed by atoms with E-state index in [0.717, 1.165) is 28.4 Å². The molecule has 0 saturated carbocycles. The van der Waals surface area contributed by atoms with Crippen LogP contribution in [0.1, 0.15) is 12.8 Å². The van der Waals surface area contributed by atoms with Crippen LogP contribution in [0.5, 0.6) is 0 Å². The summed E-state index contributed by atoms with van der Waals surface area (Å²) in [6.07, 6.45) is 2.41. The number of aromatic nitrogens is 2. The van der Waals surface area contributed by atoms with Crippen molar-refractivity contribution < 1.29 is 8.42 Å². The molecule has 2 rings (SSSR count). The third-order valence-electron chi connectivity index (χ3n) is 3.37. The van der Waals surface area contributed by atoms with Gasteiger partial charge in [-0.2, -0.15) is 0 Å². The zero-order valence-corrected chi connectivity index (χ0v) is 12.2. The van der Waals surface area contributed by atoms with Gasteiger partial charge in [0.05, 0.1) is 0 Å². The molecule has 1 aliphatic heterocycles. The Morgan fingerprint density at radius 3 is 2.45 bits per heavy atom. The number of nitrogens with zero attached hydrogens (tertiary/aromatic N) is 2. The van der Waals surface area contributed by atoms with Crippen LogP contribution in [0.15, 0.2) is 20.7 Å². The van der Waals surface area contributed by atoms with E-state index in [-0.39, 0.29) is 6.04 Å². The maximum absolute atomic E-state index is 12.3. The summed E-state index contributed by atoms with van der Waals surface area (Å²) in [6.45, 7) is 1.47. The molecule has 0 aromatic carbocycles. The van der Waals surface area contributed by atoms with Gasteiger partial charge in [0.1, 0.15) is 0 Å². The number of aryl methyl sites for hydroxylation is 1.